The molecule has 0 atom stereocenters. The standard InChI is InChI=1S/C9H9ClN4OS/c10-7-2-1-5(16-7)3-14-4-6(11)8(13-14)9(12)15/h1-2,4H,3,11H2,(H2,12,15). The van der Waals surface area contributed by atoms with Crippen LogP contribution >= 0.6 is 22.9 Å². The summed E-state index contributed by atoms with van der Waals surface area (Å²) in [4.78, 5) is 12.0. The van der Waals surface area contributed by atoms with Crippen LogP contribution in [0, 0.1) is 0 Å². The van der Waals surface area contributed by atoms with Crippen molar-refractivity contribution in [3.63, 3.8) is 0 Å². The lowest BCUT2D eigenvalue weighted by molar-refractivity contribution is 0.0995. The first kappa shape index (κ1) is 11.0. The van der Waals surface area contributed by atoms with Gasteiger partial charge in [-0.05, 0) is 12.1 Å². The van der Waals surface area contributed by atoms with E-state index in [2.05, 4.69) is 5.10 Å². The normalized spacial score (nSPS) is 10.6. The highest BCUT2D eigenvalue weighted by atomic mass is 35.5. The molecule has 16 heavy (non-hydrogen) atoms. The monoisotopic (exact) mass is 256 g/mol. The van der Waals surface area contributed by atoms with Crippen molar-refractivity contribution in [1.29, 1.82) is 0 Å². The molecule has 1 amide bonds. The summed E-state index contributed by atoms with van der Waals surface area (Å²) in [6.45, 7) is 0.523. The Labute approximate surface area is 101 Å². The molecule has 4 N–H and O–H groups in total. The van der Waals surface area contributed by atoms with Crippen molar-refractivity contribution < 1.29 is 4.79 Å². The van der Waals surface area contributed by atoms with Crippen molar-refractivity contribution in [1.82, 2.24) is 9.78 Å². The molecule has 0 aliphatic heterocycles. The number of amides is 1. The Kier molecular flexibility index (Phi) is 2.84. The first-order valence-corrected chi connectivity index (χ1v) is 5.62. The average Bonchev–Trinajstić information content (AvgIpc) is 2.73. The number of thiophene rings is 1. The van der Waals surface area contributed by atoms with Gasteiger partial charge in [0.25, 0.3) is 5.91 Å². The average molecular weight is 257 g/mol. The SMILES string of the molecule is NC(=O)c1nn(Cc2ccc(Cl)s2)cc1N. The van der Waals surface area contributed by atoms with E-state index < -0.39 is 5.91 Å². The first-order valence-electron chi connectivity index (χ1n) is 4.43. The number of nitrogens with two attached hydrogens (primary N) is 2. The number of nitrogen functional groups attached to an aromatic ring is 1. The molecule has 7 heteroatoms. The van der Waals surface area contributed by atoms with Gasteiger partial charge >= 0.3 is 0 Å². The van der Waals surface area contributed by atoms with Crippen molar-refractivity contribution in [2.75, 3.05) is 5.73 Å². The number of halogens is 1. The van der Waals surface area contributed by atoms with E-state index in [4.69, 9.17) is 23.1 Å². The molecule has 5 nitrogen and oxygen atoms in total. The number of anilines is 1. The van der Waals surface area contributed by atoms with Gasteiger partial charge in [-0.15, -0.1) is 11.3 Å². The third kappa shape index (κ3) is 2.17. The highest BCUT2D eigenvalue weighted by Crippen LogP contribution is 2.22. The van der Waals surface area contributed by atoms with Gasteiger partial charge in [-0.3, -0.25) is 9.48 Å². The number of carbonyl (C=O) groups is 1. The summed E-state index contributed by atoms with van der Waals surface area (Å²) >= 11 is 7.26. The summed E-state index contributed by atoms with van der Waals surface area (Å²) in [5.41, 5.74) is 11.1. The van der Waals surface area contributed by atoms with Crippen LogP contribution in [-0.2, 0) is 6.54 Å². The molecule has 84 valence electrons. The molecule has 0 fully saturated rings. The van der Waals surface area contributed by atoms with Crippen LogP contribution in [0.25, 0.3) is 0 Å². The van der Waals surface area contributed by atoms with E-state index in [1.54, 1.807) is 10.9 Å². The van der Waals surface area contributed by atoms with Crippen LogP contribution < -0.4 is 11.5 Å². The second-order valence-electron chi connectivity index (χ2n) is 3.20. The lowest BCUT2D eigenvalue weighted by Crippen LogP contribution is -2.14. The zero-order valence-corrected chi connectivity index (χ0v) is 9.76. The topological polar surface area (TPSA) is 86.9 Å². The molecule has 0 saturated carbocycles. The highest BCUT2D eigenvalue weighted by Gasteiger charge is 2.11. The summed E-state index contributed by atoms with van der Waals surface area (Å²) in [5, 5.41) is 3.99. The second kappa shape index (κ2) is 4.15. The van der Waals surface area contributed by atoms with Crippen LogP contribution in [0.2, 0.25) is 4.34 Å². The van der Waals surface area contributed by atoms with Crippen molar-refractivity contribution in [3.05, 3.63) is 33.2 Å². The zero-order valence-electron chi connectivity index (χ0n) is 8.18. The second-order valence-corrected chi connectivity index (χ2v) is 5.00. The third-order valence-electron chi connectivity index (χ3n) is 1.97. The molecule has 0 radical (unpaired) electrons. The van der Waals surface area contributed by atoms with Gasteiger partial charge in [0.15, 0.2) is 5.69 Å². The van der Waals surface area contributed by atoms with Gasteiger partial charge in [0.1, 0.15) is 0 Å². The smallest absolute Gasteiger partial charge is 0.271 e. The molecule has 2 aromatic rings. The maximum absolute atomic E-state index is 10.9. The van der Waals surface area contributed by atoms with E-state index in [0.29, 0.717) is 10.9 Å². The Morgan fingerprint density at radius 1 is 1.56 bits per heavy atom. The number of primary amides is 1. The number of carbonyl (C=O) groups excluding carboxylic acids is 1. The van der Waals surface area contributed by atoms with Gasteiger partial charge in [0, 0.05) is 11.1 Å². The fraction of sp³-hybridized carbons (Fsp3) is 0.111. The van der Waals surface area contributed by atoms with Gasteiger partial charge < -0.3 is 11.5 Å². The summed E-state index contributed by atoms with van der Waals surface area (Å²) in [7, 11) is 0. The Balaban J connectivity index is 2.22. The van der Waals surface area contributed by atoms with Gasteiger partial charge in [0.2, 0.25) is 0 Å². The van der Waals surface area contributed by atoms with Crippen LogP contribution in [-0.4, -0.2) is 15.7 Å². The molecule has 0 aromatic carbocycles. The minimum atomic E-state index is -0.625. The maximum Gasteiger partial charge on any atom is 0.271 e. The fourth-order valence-corrected chi connectivity index (χ4v) is 2.39. The molecular formula is C9H9ClN4OS. The molecule has 2 rings (SSSR count). The molecule has 0 saturated heterocycles. The van der Waals surface area contributed by atoms with E-state index in [-0.39, 0.29) is 11.4 Å². The van der Waals surface area contributed by atoms with Crippen molar-refractivity contribution in [2.45, 2.75) is 6.54 Å². The molecule has 0 unspecified atom stereocenters. The van der Waals surface area contributed by atoms with Gasteiger partial charge in [-0.2, -0.15) is 5.10 Å². The number of nitrogens with zero attached hydrogens (tertiary/aromatic N) is 2. The van der Waals surface area contributed by atoms with Crippen LogP contribution in [0.3, 0.4) is 0 Å². The first-order chi connectivity index (χ1) is 7.56. The van der Waals surface area contributed by atoms with Crippen LogP contribution in [0.4, 0.5) is 5.69 Å². The molecule has 2 aromatic heterocycles. The zero-order chi connectivity index (χ0) is 11.7. The number of hydrogen-bond donors (Lipinski definition) is 2. The van der Waals surface area contributed by atoms with Crippen LogP contribution in [0.15, 0.2) is 18.3 Å². The van der Waals surface area contributed by atoms with E-state index in [1.165, 1.54) is 11.3 Å². The number of aromatic nitrogens is 2. The van der Waals surface area contributed by atoms with E-state index in [9.17, 15) is 4.79 Å². The fourth-order valence-electron chi connectivity index (χ4n) is 1.31. The highest BCUT2D eigenvalue weighted by molar-refractivity contribution is 7.16. The maximum atomic E-state index is 10.9. The molecule has 0 aliphatic carbocycles. The van der Waals surface area contributed by atoms with Gasteiger partial charge in [-0.1, -0.05) is 11.6 Å². The Morgan fingerprint density at radius 3 is 2.81 bits per heavy atom. The summed E-state index contributed by atoms with van der Waals surface area (Å²) < 4.78 is 2.28. The van der Waals surface area contributed by atoms with Crippen molar-refractivity contribution >= 4 is 34.5 Å². The molecule has 0 aliphatic rings. The van der Waals surface area contributed by atoms with Gasteiger partial charge in [0.05, 0.1) is 16.6 Å². The Bertz CT molecular complexity index is 533. The summed E-state index contributed by atoms with van der Waals surface area (Å²) in [5.74, 6) is -0.625. The summed E-state index contributed by atoms with van der Waals surface area (Å²) in [6.07, 6.45) is 1.58. The molecular weight excluding hydrogens is 248 g/mol. The predicted molar refractivity (Wildman–Crippen MR) is 63.6 cm³/mol. The largest absolute Gasteiger partial charge is 0.396 e. The number of hydrogen-bond acceptors (Lipinski definition) is 4. The van der Waals surface area contributed by atoms with Crippen molar-refractivity contribution in [2.24, 2.45) is 5.73 Å². The van der Waals surface area contributed by atoms with Crippen LogP contribution in [0.5, 0.6) is 0 Å². The summed E-state index contributed by atoms with van der Waals surface area (Å²) in [6, 6.07) is 3.71. The van der Waals surface area contributed by atoms with Crippen molar-refractivity contribution in [3.8, 4) is 0 Å². The third-order valence-corrected chi connectivity index (χ3v) is 3.19. The molecule has 0 bridgehead atoms. The minimum absolute atomic E-state index is 0.0997. The van der Waals surface area contributed by atoms with Crippen LogP contribution in [0.1, 0.15) is 15.4 Å². The van der Waals surface area contributed by atoms with E-state index >= 15 is 0 Å². The van der Waals surface area contributed by atoms with E-state index in [0.717, 1.165) is 4.88 Å². The predicted octanol–water partition coefficient (Wildman–Crippen LogP) is 1.33. The van der Waals surface area contributed by atoms with E-state index in [1.807, 2.05) is 12.1 Å². The molecule has 0 spiro atoms. The Morgan fingerprint density at radius 2 is 2.31 bits per heavy atom. The Hall–Kier alpha value is -1.53. The minimum Gasteiger partial charge on any atom is -0.396 e. The lowest BCUT2D eigenvalue weighted by Gasteiger charge is -1.96. The number of rotatable bonds is 3. The quantitative estimate of drug-likeness (QED) is 0.868. The lowest BCUT2D eigenvalue weighted by atomic mass is 10.4. The molecule has 2 heterocycles. The van der Waals surface area contributed by atoms with Gasteiger partial charge in [-0.25, -0.2) is 0 Å².